The van der Waals surface area contributed by atoms with Gasteiger partial charge in [-0.15, -0.1) is 0 Å². The number of carbonyl (C=O) groups is 2. The number of hydrogen-bond donors (Lipinski definition) is 2. The van der Waals surface area contributed by atoms with Gasteiger partial charge in [0.2, 0.25) is 5.91 Å². The molecule has 0 bridgehead atoms. The first-order valence-corrected chi connectivity index (χ1v) is 7.62. The Labute approximate surface area is 124 Å². The molecule has 116 valence electrons. The van der Waals surface area contributed by atoms with Crippen molar-refractivity contribution < 1.29 is 19.1 Å². The second kappa shape index (κ2) is 6.78. The monoisotopic (exact) mass is 293 g/mol. The van der Waals surface area contributed by atoms with Gasteiger partial charge in [-0.1, -0.05) is 20.3 Å². The van der Waals surface area contributed by atoms with Gasteiger partial charge in [-0.2, -0.15) is 0 Å². The number of aliphatic carboxylic acids is 1. The van der Waals surface area contributed by atoms with E-state index in [1.807, 2.05) is 19.1 Å². The second-order valence-electron chi connectivity index (χ2n) is 5.87. The average Bonchev–Trinajstić information content (AvgIpc) is 2.99. The van der Waals surface area contributed by atoms with Gasteiger partial charge < -0.3 is 14.8 Å². The van der Waals surface area contributed by atoms with Gasteiger partial charge in [0.05, 0.1) is 0 Å². The average molecular weight is 293 g/mol. The summed E-state index contributed by atoms with van der Waals surface area (Å²) in [7, 11) is 0. The van der Waals surface area contributed by atoms with Crippen LogP contribution in [0.25, 0.3) is 0 Å². The molecule has 0 saturated heterocycles. The lowest BCUT2D eigenvalue weighted by molar-refractivity contribution is -0.142. The molecule has 2 N–H and O–H groups in total. The van der Waals surface area contributed by atoms with Gasteiger partial charge >= 0.3 is 5.97 Å². The first kappa shape index (κ1) is 15.6. The minimum absolute atomic E-state index is 0.242. The first-order valence-electron chi connectivity index (χ1n) is 7.62. The Morgan fingerprint density at radius 1 is 1.48 bits per heavy atom. The summed E-state index contributed by atoms with van der Waals surface area (Å²) in [5, 5.41) is 11.6. The molecule has 0 radical (unpaired) electrons. The predicted molar refractivity (Wildman–Crippen MR) is 78.0 cm³/mol. The molecule has 1 fully saturated rings. The smallest absolute Gasteiger partial charge is 0.326 e. The fraction of sp³-hybridized carbons (Fsp3) is 0.625. The molecule has 2 rings (SSSR count). The maximum Gasteiger partial charge on any atom is 0.326 e. The van der Waals surface area contributed by atoms with E-state index in [1.54, 1.807) is 0 Å². The van der Waals surface area contributed by atoms with Crippen LogP contribution in [0.1, 0.15) is 57.0 Å². The minimum Gasteiger partial charge on any atom is -0.480 e. The summed E-state index contributed by atoms with van der Waals surface area (Å²) < 4.78 is 5.73. The van der Waals surface area contributed by atoms with E-state index in [-0.39, 0.29) is 12.3 Å². The SMILES string of the molecule is CCC[C@@H](NC(=O)CCc1ccc(C2CC2C)o1)C(=O)O. The third kappa shape index (κ3) is 4.34. The van der Waals surface area contributed by atoms with Crippen molar-refractivity contribution >= 4 is 11.9 Å². The molecule has 5 nitrogen and oxygen atoms in total. The summed E-state index contributed by atoms with van der Waals surface area (Å²) >= 11 is 0. The fourth-order valence-electron chi connectivity index (χ4n) is 2.50. The molecular weight excluding hydrogens is 270 g/mol. The van der Waals surface area contributed by atoms with Gasteiger partial charge in [-0.25, -0.2) is 4.79 Å². The lowest BCUT2D eigenvalue weighted by atomic mass is 10.1. The van der Waals surface area contributed by atoms with Crippen LogP contribution in [0.4, 0.5) is 0 Å². The molecule has 21 heavy (non-hydrogen) atoms. The molecule has 0 aromatic carbocycles. The van der Waals surface area contributed by atoms with Crippen LogP contribution in [0, 0.1) is 5.92 Å². The summed E-state index contributed by atoms with van der Waals surface area (Å²) in [5.41, 5.74) is 0. The maximum absolute atomic E-state index is 11.8. The van der Waals surface area contributed by atoms with E-state index < -0.39 is 12.0 Å². The summed E-state index contributed by atoms with van der Waals surface area (Å²) in [6.07, 6.45) is 3.10. The summed E-state index contributed by atoms with van der Waals surface area (Å²) in [6.45, 7) is 4.09. The number of hydrogen-bond acceptors (Lipinski definition) is 3. The van der Waals surface area contributed by atoms with E-state index in [0.29, 0.717) is 24.7 Å². The van der Waals surface area contributed by atoms with Crippen molar-refractivity contribution in [3.05, 3.63) is 23.7 Å². The van der Waals surface area contributed by atoms with Crippen LogP contribution in [0.5, 0.6) is 0 Å². The fourth-order valence-corrected chi connectivity index (χ4v) is 2.50. The third-order valence-corrected chi connectivity index (χ3v) is 3.97. The van der Waals surface area contributed by atoms with E-state index in [1.165, 1.54) is 6.42 Å². The highest BCUT2D eigenvalue weighted by Crippen LogP contribution is 2.47. The minimum atomic E-state index is -0.979. The molecule has 0 aliphatic heterocycles. The second-order valence-corrected chi connectivity index (χ2v) is 5.87. The predicted octanol–water partition coefficient (Wildman–Crippen LogP) is 2.71. The molecule has 2 unspecified atom stereocenters. The molecule has 1 amide bonds. The van der Waals surface area contributed by atoms with Crippen molar-refractivity contribution in [3.8, 4) is 0 Å². The van der Waals surface area contributed by atoms with Crippen molar-refractivity contribution in [1.82, 2.24) is 5.32 Å². The standard InChI is InChI=1S/C16H23NO4/c1-3-4-13(16(19)20)17-15(18)8-6-11-5-7-14(21-11)12-9-10(12)2/h5,7,10,12-13H,3-4,6,8-9H2,1-2H3,(H,17,18)(H,19,20)/t10?,12?,13-/m1/s1. The Balaban J connectivity index is 1.78. The van der Waals surface area contributed by atoms with Crippen LogP contribution in [0.3, 0.4) is 0 Å². The summed E-state index contributed by atoms with van der Waals surface area (Å²) in [6, 6.07) is 3.11. The van der Waals surface area contributed by atoms with Gasteiger partial charge in [-0.3, -0.25) is 4.79 Å². The topological polar surface area (TPSA) is 79.5 Å². The number of nitrogens with one attached hydrogen (secondary N) is 1. The molecule has 1 aromatic rings. The number of carbonyl (C=O) groups excluding carboxylic acids is 1. The van der Waals surface area contributed by atoms with Crippen LogP contribution in [-0.2, 0) is 16.0 Å². The van der Waals surface area contributed by atoms with Gasteiger partial charge in [0.25, 0.3) is 0 Å². The highest BCUT2D eigenvalue weighted by molar-refractivity contribution is 5.83. The lowest BCUT2D eigenvalue weighted by Gasteiger charge is -2.13. The Hall–Kier alpha value is -1.78. The van der Waals surface area contributed by atoms with Crippen LogP contribution >= 0.6 is 0 Å². The largest absolute Gasteiger partial charge is 0.480 e. The number of furan rings is 1. The number of rotatable bonds is 8. The van der Waals surface area contributed by atoms with Gasteiger partial charge in [-0.05, 0) is 30.9 Å². The van der Waals surface area contributed by atoms with Crippen molar-refractivity contribution in [1.29, 1.82) is 0 Å². The molecule has 1 aliphatic carbocycles. The summed E-state index contributed by atoms with van der Waals surface area (Å²) in [4.78, 5) is 22.8. The van der Waals surface area contributed by atoms with Crippen molar-refractivity contribution in [2.75, 3.05) is 0 Å². The zero-order valence-electron chi connectivity index (χ0n) is 12.6. The quantitative estimate of drug-likeness (QED) is 0.772. The van der Waals surface area contributed by atoms with Crippen LogP contribution in [-0.4, -0.2) is 23.0 Å². The highest BCUT2D eigenvalue weighted by Gasteiger charge is 2.36. The van der Waals surface area contributed by atoms with E-state index in [2.05, 4.69) is 12.2 Å². The molecule has 5 heteroatoms. The van der Waals surface area contributed by atoms with Crippen LogP contribution < -0.4 is 5.32 Å². The van der Waals surface area contributed by atoms with E-state index >= 15 is 0 Å². The molecule has 1 saturated carbocycles. The molecule has 1 aromatic heterocycles. The molecular formula is C16H23NO4. The number of carboxylic acid groups (broad SMARTS) is 1. The highest BCUT2D eigenvalue weighted by atomic mass is 16.4. The third-order valence-electron chi connectivity index (χ3n) is 3.97. The number of carboxylic acids is 1. The molecule has 0 spiro atoms. The Kier molecular flexibility index (Phi) is 5.04. The van der Waals surface area contributed by atoms with Crippen LogP contribution in [0.15, 0.2) is 16.5 Å². The summed E-state index contributed by atoms with van der Waals surface area (Å²) in [5.74, 6) is 1.81. The van der Waals surface area contributed by atoms with Gasteiger partial charge in [0.1, 0.15) is 17.6 Å². The number of aryl methyl sites for hydroxylation is 1. The van der Waals surface area contributed by atoms with Crippen LogP contribution in [0.2, 0.25) is 0 Å². The van der Waals surface area contributed by atoms with Gasteiger partial charge in [0, 0.05) is 18.8 Å². The first-order chi connectivity index (χ1) is 10.0. The van der Waals surface area contributed by atoms with Crippen molar-refractivity contribution in [2.45, 2.75) is 57.9 Å². The molecule has 1 heterocycles. The maximum atomic E-state index is 11.8. The van der Waals surface area contributed by atoms with Gasteiger partial charge in [0.15, 0.2) is 0 Å². The molecule has 3 atom stereocenters. The zero-order valence-corrected chi connectivity index (χ0v) is 12.6. The van der Waals surface area contributed by atoms with Crippen molar-refractivity contribution in [3.63, 3.8) is 0 Å². The van der Waals surface area contributed by atoms with Crippen molar-refractivity contribution in [2.24, 2.45) is 5.92 Å². The van der Waals surface area contributed by atoms with E-state index in [9.17, 15) is 9.59 Å². The normalized spacial score (nSPS) is 21.8. The Bertz CT molecular complexity index is 508. The van der Waals surface area contributed by atoms with E-state index in [4.69, 9.17) is 9.52 Å². The molecule has 1 aliphatic rings. The zero-order chi connectivity index (χ0) is 15.4. The Morgan fingerprint density at radius 2 is 2.19 bits per heavy atom. The van der Waals surface area contributed by atoms with E-state index in [0.717, 1.165) is 17.9 Å². The number of amides is 1. The Morgan fingerprint density at radius 3 is 2.76 bits per heavy atom. The lowest BCUT2D eigenvalue weighted by Crippen LogP contribution is -2.40.